The van der Waals surface area contributed by atoms with E-state index in [9.17, 15) is 9.59 Å². The lowest BCUT2D eigenvalue weighted by Crippen LogP contribution is -2.25. The van der Waals surface area contributed by atoms with Gasteiger partial charge in [-0.1, -0.05) is 6.92 Å². The highest BCUT2D eigenvalue weighted by atomic mass is 79.9. The molecule has 0 radical (unpaired) electrons. The minimum absolute atomic E-state index is 0.184. The summed E-state index contributed by atoms with van der Waals surface area (Å²) >= 11 is 3.22. The number of aryl methyl sites for hydroxylation is 1. The predicted molar refractivity (Wildman–Crippen MR) is 68.8 cm³/mol. The van der Waals surface area contributed by atoms with E-state index in [0.717, 1.165) is 6.42 Å². The summed E-state index contributed by atoms with van der Waals surface area (Å²) < 4.78 is 1.81. The molecule has 0 aromatic carbocycles. The lowest BCUT2D eigenvalue weighted by Gasteiger charge is -2.09. The van der Waals surface area contributed by atoms with Crippen molar-refractivity contribution >= 4 is 27.5 Å². The molecule has 0 aliphatic carbocycles. The third kappa shape index (κ3) is 3.85. The highest BCUT2D eigenvalue weighted by Crippen LogP contribution is 2.15. The van der Waals surface area contributed by atoms with Crippen LogP contribution in [0.15, 0.2) is 15.5 Å². The number of amides is 1. The van der Waals surface area contributed by atoms with Gasteiger partial charge in [0.25, 0.3) is 5.56 Å². The van der Waals surface area contributed by atoms with Gasteiger partial charge in [-0.25, -0.2) is 4.68 Å². The Morgan fingerprint density at radius 2 is 2.35 bits per heavy atom. The van der Waals surface area contributed by atoms with Crippen LogP contribution in [0.3, 0.4) is 0 Å². The normalized spacial score (nSPS) is 10.2. The maximum atomic E-state index is 11.8. The molecule has 0 saturated heterocycles. The molecule has 1 aromatic heterocycles. The molecule has 0 fully saturated rings. The molecular weight excluding hydrogens is 288 g/mol. The highest BCUT2D eigenvalue weighted by molar-refractivity contribution is 9.10. The van der Waals surface area contributed by atoms with E-state index >= 15 is 0 Å². The number of rotatable bonds is 6. The van der Waals surface area contributed by atoms with Crippen LogP contribution in [0.2, 0.25) is 0 Å². The van der Waals surface area contributed by atoms with Crippen LogP contribution < -0.4 is 16.6 Å². The maximum absolute atomic E-state index is 11.8. The second-order valence-corrected chi connectivity index (χ2v) is 4.34. The van der Waals surface area contributed by atoms with Gasteiger partial charge in [-0.05, 0) is 22.4 Å². The van der Waals surface area contributed by atoms with Crippen molar-refractivity contribution in [2.75, 3.05) is 11.9 Å². The number of hydrogen-bond donors (Lipinski definition) is 2. The van der Waals surface area contributed by atoms with Crippen molar-refractivity contribution < 1.29 is 4.79 Å². The van der Waals surface area contributed by atoms with Crippen LogP contribution in [-0.4, -0.2) is 22.2 Å². The minimum atomic E-state index is -0.388. The second kappa shape index (κ2) is 6.39. The van der Waals surface area contributed by atoms with Crippen LogP contribution in [0.5, 0.6) is 0 Å². The molecular formula is C10H15BrN4O2. The van der Waals surface area contributed by atoms with Crippen molar-refractivity contribution in [1.82, 2.24) is 9.78 Å². The summed E-state index contributed by atoms with van der Waals surface area (Å²) in [6.07, 6.45) is 2.61. The van der Waals surface area contributed by atoms with Gasteiger partial charge in [0, 0.05) is 19.5 Å². The number of halogens is 1. The summed E-state index contributed by atoms with van der Waals surface area (Å²) in [5, 5.41) is 6.95. The van der Waals surface area contributed by atoms with Gasteiger partial charge in [0.15, 0.2) is 0 Å². The Morgan fingerprint density at radius 1 is 1.65 bits per heavy atom. The Morgan fingerprint density at radius 3 is 2.94 bits per heavy atom. The molecule has 17 heavy (non-hydrogen) atoms. The Balaban J connectivity index is 2.78. The molecule has 1 aromatic rings. The Bertz CT molecular complexity index is 458. The van der Waals surface area contributed by atoms with Crippen molar-refractivity contribution in [3.63, 3.8) is 0 Å². The number of nitrogens with one attached hydrogen (secondary N) is 1. The molecule has 0 aliphatic heterocycles. The van der Waals surface area contributed by atoms with Gasteiger partial charge in [-0.2, -0.15) is 5.10 Å². The quantitative estimate of drug-likeness (QED) is 0.809. The lowest BCUT2D eigenvalue weighted by atomic mass is 10.4. The first kappa shape index (κ1) is 13.7. The number of aromatic nitrogens is 2. The molecule has 0 unspecified atom stereocenters. The molecule has 0 atom stereocenters. The summed E-state index contributed by atoms with van der Waals surface area (Å²) in [7, 11) is 0. The summed E-state index contributed by atoms with van der Waals surface area (Å²) in [5.41, 5.74) is 5.40. The molecule has 0 aliphatic rings. The van der Waals surface area contributed by atoms with Crippen LogP contribution >= 0.6 is 15.9 Å². The fourth-order valence-corrected chi connectivity index (χ4v) is 1.73. The fraction of sp³-hybridized carbons (Fsp3) is 0.500. The molecule has 94 valence electrons. The number of anilines is 1. The van der Waals surface area contributed by atoms with Crippen molar-refractivity contribution in [2.24, 2.45) is 5.73 Å². The van der Waals surface area contributed by atoms with Gasteiger partial charge >= 0.3 is 0 Å². The summed E-state index contributed by atoms with van der Waals surface area (Å²) in [6.45, 7) is 2.94. The van der Waals surface area contributed by atoms with E-state index in [-0.39, 0.29) is 17.9 Å². The Labute approximate surface area is 107 Å². The smallest absolute Gasteiger partial charge is 0.283 e. The number of nitrogens with zero attached hydrogens (tertiary/aromatic N) is 2. The zero-order chi connectivity index (χ0) is 12.8. The first-order valence-electron chi connectivity index (χ1n) is 5.34. The molecule has 1 heterocycles. The van der Waals surface area contributed by atoms with Gasteiger partial charge in [-0.15, -0.1) is 0 Å². The number of carbonyl (C=O) groups excluding carboxylic acids is 1. The zero-order valence-corrected chi connectivity index (χ0v) is 11.2. The van der Waals surface area contributed by atoms with Crippen LogP contribution in [0.25, 0.3) is 0 Å². The molecule has 7 heteroatoms. The molecule has 3 N–H and O–H groups in total. The first-order chi connectivity index (χ1) is 8.06. The van der Waals surface area contributed by atoms with Crippen LogP contribution in [0.4, 0.5) is 5.69 Å². The number of nitrogens with two attached hydrogens (primary N) is 1. The molecule has 0 bridgehead atoms. The molecule has 0 saturated carbocycles. The van der Waals surface area contributed by atoms with E-state index in [1.807, 2.05) is 6.92 Å². The van der Waals surface area contributed by atoms with E-state index in [4.69, 9.17) is 5.73 Å². The summed E-state index contributed by atoms with van der Waals surface area (Å²) in [6, 6.07) is 0. The van der Waals surface area contributed by atoms with Gasteiger partial charge in [0.2, 0.25) is 5.91 Å². The zero-order valence-electron chi connectivity index (χ0n) is 9.57. The highest BCUT2D eigenvalue weighted by Gasteiger charge is 2.07. The average Bonchev–Trinajstić information content (AvgIpc) is 2.28. The average molecular weight is 303 g/mol. The molecule has 6 nitrogen and oxygen atoms in total. The largest absolute Gasteiger partial charge is 0.382 e. The minimum Gasteiger partial charge on any atom is -0.382 e. The third-order valence-electron chi connectivity index (χ3n) is 2.11. The summed E-state index contributed by atoms with van der Waals surface area (Å²) in [4.78, 5) is 22.4. The van der Waals surface area contributed by atoms with Crippen molar-refractivity contribution in [1.29, 1.82) is 0 Å². The number of carbonyl (C=O) groups is 1. The maximum Gasteiger partial charge on any atom is 0.283 e. The van der Waals surface area contributed by atoms with E-state index in [0.29, 0.717) is 23.2 Å². The van der Waals surface area contributed by atoms with E-state index in [1.165, 1.54) is 4.68 Å². The Kier molecular flexibility index (Phi) is 5.14. The first-order valence-corrected chi connectivity index (χ1v) is 6.13. The Hall–Kier alpha value is -1.37. The molecule has 0 spiro atoms. The number of hydrogen-bond acceptors (Lipinski definition) is 4. The van der Waals surface area contributed by atoms with Crippen LogP contribution in [-0.2, 0) is 11.3 Å². The monoisotopic (exact) mass is 302 g/mol. The van der Waals surface area contributed by atoms with E-state index < -0.39 is 0 Å². The molecule has 1 amide bonds. The van der Waals surface area contributed by atoms with E-state index in [1.54, 1.807) is 6.20 Å². The van der Waals surface area contributed by atoms with Crippen LogP contribution in [0, 0.1) is 0 Å². The second-order valence-electron chi connectivity index (χ2n) is 3.54. The van der Waals surface area contributed by atoms with E-state index in [2.05, 4.69) is 26.3 Å². The number of primary amides is 1. The van der Waals surface area contributed by atoms with Gasteiger partial charge < -0.3 is 11.1 Å². The van der Waals surface area contributed by atoms with Crippen LogP contribution in [0.1, 0.15) is 19.8 Å². The SMILES string of the molecule is CCCn1ncc(NCCC(N)=O)c(Br)c1=O. The standard InChI is InChI=1S/C10H15BrN4O2/c1-2-5-15-10(17)9(11)7(6-14-15)13-4-3-8(12)16/h6,13H,2-5H2,1H3,(H2,12,16). The third-order valence-corrected chi connectivity index (χ3v) is 2.87. The van der Waals surface area contributed by atoms with Crippen molar-refractivity contribution in [3.8, 4) is 0 Å². The van der Waals surface area contributed by atoms with Crippen molar-refractivity contribution in [3.05, 3.63) is 21.0 Å². The van der Waals surface area contributed by atoms with Gasteiger partial charge in [0.1, 0.15) is 4.47 Å². The summed E-state index contributed by atoms with van der Waals surface area (Å²) in [5.74, 6) is -0.388. The molecule has 1 rings (SSSR count). The van der Waals surface area contributed by atoms with Gasteiger partial charge in [-0.3, -0.25) is 9.59 Å². The van der Waals surface area contributed by atoms with Crippen molar-refractivity contribution in [2.45, 2.75) is 26.3 Å². The topological polar surface area (TPSA) is 90.0 Å². The predicted octanol–water partition coefficient (Wildman–Crippen LogP) is 0.703. The fourth-order valence-electron chi connectivity index (χ4n) is 1.28. The lowest BCUT2D eigenvalue weighted by molar-refractivity contribution is -0.117. The van der Waals surface area contributed by atoms with Gasteiger partial charge in [0.05, 0.1) is 11.9 Å².